The number of hydrogen-bond donors (Lipinski definition) is 2. The molecule has 0 radical (unpaired) electrons. The van der Waals surface area contributed by atoms with Crippen LogP contribution in [0.2, 0.25) is 0 Å². The predicted molar refractivity (Wildman–Crippen MR) is 78.8 cm³/mol. The molecule has 1 aliphatic rings. The van der Waals surface area contributed by atoms with E-state index < -0.39 is 10.0 Å². The fraction of sp³-hybridized carbons (Fsp3) is 0.857. The molecule has 0 saturated carbocycles. The third-order valence-electron chi connectivity index (χ3n) is 2.01. The Hall–Kier alpha value is 0.260. The monoisotopic (exact) mass is 380 g/mol. The highest BCUT2D eigenvalue weighted by Crippen LogP contribution is 2.13. The zero-order valence-electron chi connectivity index (χ0n) is 8.83. The van der Waals surface area contributed by atoms with Crippen molar-refractivity contribution in [3.63, 3.8) is 0 Å². The summed E-state index contributed by atoms with van der Waals surface area (Å²) in [4.78, 5) is 3.67. The van der Waals surface area contributed by atoms with E-state index in [2.05, 4.69) is 4.99 Å². The zero-order chi connectivity index (χ0) is 11.3. The Kier molecular flexibility index (Phi) is 7.68. The van der Waals surface area contributed by atoms with Crippen LogP contribution in [0.1, 0.15) is 0 Å². The Balaban J connectivity index is 0.00000225. The van der Waals surface area contributed by atoms with Crippen LogP contribution in [0.3, 0.4) is 0 Å². The van der Waals surface area contributed by atoms with Crippen molar-refractivity contribution in [2.24, 2.45) is 16.5 Å². The molecule has 1 rings (SSSR count). The molecule has 4 N–H and O–H groups in total. The number of nitrogens with zero attached hydrogens (tertiary/aromatic N) is 2. The van der Waals surface area contributed by atoms with Gasteiger partial charge >= 0.3 is 0 Å². The lowest BCUT2D eigenvalue weighted by atomic mass is 10.6. The molecule has 0 spiro atoms. The predicted octanol–water partition coefficient (Wildman–Crippen LogP) is -0.744. The molecule has 6 nitrogen and oxygen atoms in total. The Morgan fingerprint density at radius 3 is 2.38 bits per heavy atom. The SMILES string of the molecule is I.NC(N)=NCCS(=O)(=O)N1CCSCC1. The minimum atomic E-state index is -3.18. The van der Waals surface area contributed by atoms with Crippen LogP contribution in [0, 0.1) is 0 Å². The largest absolute Gasteiger partial charge is 0.370 e. The van der Waals surface area contributed by atoms with Crippen LogP contribution in [0.4, 0.5) is 0 Å². The second-order valence-electron chi connectivity index (χ2n) is 3.13. The smallest absolute Gasteiger partial charge is 0.215 e. The molecule has 0 amide bonds. The second kappa shape index (κ2) is 7.56. The van der Waals surface area contributed by atoms with Gasteiger partial charge in [0.1, 0.15) is 0 Å². The van der Waals surface area contributed by atoms with Gasteiger partial charge in [-0.25, -0.2) is 12.7 Å². The first-order valence-electron chi connectivity index (χ1n) is 4.63. The number of hydrogen-bond acceptors (Lipinski definition) is 4. The highest BCUT2D eigenvalue weighted by Gasteiger charge is 2.23. The van der Waals surface area contributed by atoms with Crippen molar-refractivity contribution in [3.8, 4) is 0 Å². The highest BCUT2D eigenvalue weighted by atomic mass is 127. The summed E-state index contributed by atoms with van der Waals surface area (Å²) < 4.78 is 25.0. The van der Waals surface area contributed by atoms with Crippen LogP contribution in [0.5, 0.6) is 0 Å². The molecule has 0 aromatic rings. The van der Waals surface area contributed by atoms with Gasteiger partial charge in [0.25, 0.3) is 0 Å². The molecule has 0 bridgehead atoms. The minimum Gasteiger partial charge on any atom is -0.370 e. The van der Waals surface area contributed by atoms with Crippen molar-refractivity contribution < 1.29 is 8.42 Å². The summed E-state index contributed by atoms with van der Waals surface area (Å²) in [6.07, 6.45) is 0. The molecular formula is C7H17IN4O2S2. The van der Waals surface area contributed by atoms with E-state index >= 15 is 0 Å². The van der Waals surface area contributed by atoms with Gasteiger partial charge in [-0.15, -0.1) is 24.0 Å². The molecule has 1 saturated heterocycles. The van der Waals surface area contributed by atoms with Gasteiger partial charge in [-0.1, -0.05) is 0 Å². The van der Waals surface area contributed by atoms with Crippen LogP contribution in [0.15, 0.2) is 4.99 Å². The molecule has 0 aromatic heterocycles. The van der Waals surface area contributed by atoms with E-state index in [1.54, 1.807) is 11.8 Å². The van der Waals surface area contributed by atoms with E-state index in [1.165, 1.54) is 4.31 Å². The van der Waals surface area contributed by atoms with Gasteiger partial charge in [0.2, 0.25) is 10.0 Å². The highest BCUT2D eigenvalue weighted by molar-refractivity contribution is 14.0. The molecule has 1 aliphatic heterocycles. The Morgan fingerprint density at radius 2 is 1.88 bits per heavy atom. The van der Waals surface area contributed by atoms with Crippen LogP contribution < -0.4 is 11.5 Å². The zero-order valence-corrected chi connectivity index (χ0v) is 12.8. The lowest BCUT2D eigenvalue weighted by Gasteiger charge is -2.25. The van der Waals surface area contributed by atoms with Gasteiger partial charge in [-0.2, -0.15) is 11.8 Å². The minimum absolute atomic E-state index is 0. The van der Waals surface area contributed by atoms with Crippen LogP contribution in [-0.2, 0) is 10.0 Å². The maximum Gasteiger partial charge on any atom is 0.215 e. The summed E-state index contributed by atoms with van der Waals surface area (Å²) in [7, 11) is -3.18. The summed E-state index contributed by atoms with van der Waals surface area (Å²) in [6, 6.07) is 0. The van der Waals surface area contributed by atoms with Crippen LogP contribution >= 0.6 is 35.7 Å². The molecule has 0 unspecified atom stereocenters. The van der Waals surface area contributed by atoms with E-state index in [0.717, 1.165) is 11.5 Å². The van der Waals surface area contributed by atoms with Crippen molar-refractivity contribution in [1.29, 1.82) is 0 Å². The average Bonchev–Trinajstić information content (AvgIpc) is 2.18. The molecular weight excluding hydrogens is 363 g/mol. The van der Waals surface area contributed by atoms with E-state index in [4.69, 9.17) is 11.5 Å². The topological polar surface area (TPSA) is 102 Å². The Morgan fingerprint density at radius 1 is 1.31 bits per heavy atom. The lowest BCUT2D eigenvalue weighted by molar-refractivity contribution is 0.444. The standard InChI is InChI=1S/C7H16N4O2S2.HI/c8-7(9)10-1-6-15(12,13)11-2-4-14-5-3-11;/h1-6H2,(H4,8,9,10);1H. The number of sulfonamides is 1. The molecule has 1 heterocycles. The van der Waals surface area contributed by atoms with E-state index in [9.17, 15) is 8.42 Å². The number of rotatable bonds is 4. The quantitative estimate of drug-likeness (QED) is 0.380. The first-order valence-corrected chi connectivity index (χ1v) is 7.40. The molecule has 9 heteroatoms. The van der Waals surface area contributed by atoms with E-state index in [0.29, 0.717) is 13.1 Å². The van der Waals surface area contributed by atoms with Gasteiger partial charge in [0, 0.05) is 24.6 Å². The normalized spacial score (nSPS) is 17.5. The lowest BCUT2D eigenvalue weighted by Crippen LogP contribution is -2.40. The molecule has 0 aromatic carbocycles. The summed E-state index contributed by atoms with van der Waals surface area (Å²) in [5.41, 5.74) is 10.2. The molecule has 96 valence electrons. The molecule has 16 heavy (non-hydrogen) atoms. The van der Waals surface area contributed by atoms with Crippen molar-refractivity contribution in [1.82, 2.24) is 4.31 Å². The first kappa shape index (κ1) is 16.3. The second-order valence-corrected chi connectivity index (χ2v) is 6.45. The molecule has 0 aliphatic carbocycles. The van der Waals surface area contributed by atoms with E-state index in [-0.39, 0.29) is 42.2 Å². The summed E-state index contributed by atoms with van der Waals surface area (Å²) in [5, 5.41) is 0. The number of guanidine groups is 1. The van der Waals surface area contributed by atoms with Crippen LogP contribution in [0.25, 0.3) is 0 Å². The summed E-state index contributed by atoms with van der Waals surface area (Å²) in [6.45, 7) is 1.32. The van der Waals surface area contributed by atoms with Gasteiger partial charge in [0.15, 0.2) is 5.96 Å². The van der Waals surface area contributed by atoms with Gasteiger partial charge < -0.3 is 11.5 Å². The van der Waals surface area contributed by atoms with Crippen molar-refractivity contribution in [2.45, 2.75) is 0 Å². The van der Waals surface area contributed by atoms with Crippen LogP contribution in [-0.4, -0.2) is 55.6 Å². The molecule has 0 atom stereocenters. The maximum absolute atomic E-state index is 11.7. The summed E-state index contributed by atoms with van der Waals surface area (Å²) in [5.74, 6) is 1.64. The average molecular weight is 380 g/mol. The first-order chi connectivity index (χ1) is 7.02. The number of halogens is 1. The molecule has 1 fully saturated rings. The third kappa shape index (κ3) is 5.55. The number of aliphatic imine (C=N–C) groups is 1. The van der Waals surface area contributed by atoms with Gasteiger partial charge in [-0.05, 0) is 0 Å². The Bertz CT molecular complexity index is 323. The van der Waals surface area contributed by atoms with Gasteiger partial charge in [-0.3, -0.25) is 4.99 Å². The van der Waals surface area contributed by atoms with Crippen molar-refractivity contribution in [2.75, 3.05) is 36.9 Å². The maximum atomic E-state index is 11.7. The number of thioether (sulfide) groups is 1. The fourth-order valence-electron chi connectivity index (χ4n) is 1.24. The fourth-order valence-corrected chi connectivity index (χ4v) is 3.70. The third-order valence-corrected chi connectivity index (χ3v) is 4.80. The summed E-state index contributed by atoms with van der Waals surface area (Å²) >= 11 is 1.77. The van der Waals surface area contributed by atoms with Crippen molar-refractivity contribution >= 4 is 51.7 Å². The van der Waals surface area contributed by atoms with E-state index in [1.807, 2.05) is 0 Å². The van der Waals surface area contributed by atoms with Crippen molar-refractivity contribution in [3.05, 3.63) is 0 Å². The number of nitrogens with two attached hydrogens (primary N) is 2. The Labute approximate surface area is 117 Å². The van der Waals surface area contributed by atoms with Gasteiger partial charge in [0.05, 0.1) is 12.3 Å².